The fourth-order valence-corrected chi connectivity index (χ4v) is 6.69. The fourth-order valence-electron chi connectivity index (χ4n) is 5.53. The van der Waals surface area contributed by atoms with Crippen LogP contribution in [-0.2, 0) is 19.1 Å². The number of ether oxygens (including phenoxy) is 2. The van der Waals surface area contributed by atoms with Crippen molar-refractivity contribution < 1.29 is 28.2 Å². The largest absolute Gasteiger partial charge is 0.463 e. The molecule has 2 fully saturated rings. The molecule has 2 aromatic rings. The first-order chi connectivity index (χ1) is 19.9. The van der Waals surface area contributed by atoms with Crippen LogP contribution >= 0.6 is 27.3 Å². The van der Waals surface area contributed by atoms with Crippen LogP contribution in [0.4, 0.5) is 9.18 Å². The molecule has 0 saturated carbocycles. The zero-order valence-corrected chi connectivity index (χ0v) is 26.3. The van der Waals surface area contributed by atoms with Crippen molar-refractivity contribution in [2.45, 2.75) is 52.2 Å². The van der Waals surface area contributed by atoms with Gasteiger partial charge in [-0.3, -0.25) is 9.79 Å². The normalized spacial score (nSPS) is 22.5. The van der Waals surface area contributed by atoms with E-state index in [1.807, 2.05) is 26.2 Å². The molecule has 5 rings (SSSR count). The third-order valence-corrected chi connectivity index (χ3v) is 8.94. The van der Waals surface area contributed by atoms with Gasteiger partial charge in [0.25, 0.3) is 0 Å². The van der Waals surface area contributed by atoms with Crippen LogP contribution in [0.3, 0.4) is 0 Å². The lowest BCUT2D eigenvalue weighted by molar-refractivity contribution is -0.139. The van der Waals surface area contributed by atoms with Crippen LogP contribution in [0.25, 0.3) is 0 Å². The molecule has 10 nitrogen and oxygen atoms in total. The number of rotatable bonds is 6. The summed E-state index contributed by atoms with van der Waals surface area (Å²) in [5, 5.41) is 5.68. The van der Waals surface area contributed by atoms with E-state index in [0.717, 1.165) is 0 Å². The molecule has 2 amide bonds. The number of aromatic nitrogens is 1. The summed E-state index contributed by atoms with van der Waals surface area (Å²) in [6, 6.07) is 3.38. The van der Waals surface area contributed by atoms with Crippen LogP contribution in [0.5, 0.6) is 0 Å². The Labute approximate surface area is 256 Å². The first-order valence-corrected chi connectivity index (χ1v) is 15.4. The number of carbonyl (C=O) groups is 3. The van der Waals surface area contributed by atoms with Gasteiger partial charge in [-0.1, -0.05) is 22.0 Å². The molecule has 42 heavy (non-hydrogen) atoms. The van der Waals surface area contributed by atoms with Gasteiger partial charge >= 0.3 is 12.1 Å². The van der Waals surface area contributed by atoms with E-state index in [2.05, 4.69) is 26.2 Å². The summed E-state index contributed by atoms with van der Waals surface area (Å²) < 4.78 is 25.4. The molecule has 13 heteroatoms. The van der Waals surface area contributed by atoms with Gasteiger partial charge in [0.2, 0.25) is 5.91 Å². The zero-order chi connectivity index (χ0) is 30.2. The van der Waals surface area contributed by atoms with Gasteiger partial charge < -0.3 is 24.6 Å². The van der Waals surface area contributed by atoms with Gasteiger partial charge in [-0.05, 0) is 58.2 Å². The lowest BCUT2D eigenvalue weighted by Crippen LogP contribution is -2.43. The average Bonchev–Trinajstić information content (AvgIpc) is 3.66. The van der Waals surface area contributed by atoms with Crippen molar-refractivity contribution >= 4 is 51.1 Å². The highest BCUT2D eigenvalue weighted by molar-refractivity contribution is 9.10. The Morgan fingerprint density at radius 3 is 2.69 bits per heavy atom. The molecule has 224 valence electrons. The summed E-state index contributed by atoms with van der Waals surface area (Å²) in [5.41, 5.74) is -0.0711. The van der Waals surface area contributed by atoms with Crippen LogP contribution in [0.1, 0.15) is 57.1 Å². The summed E-state index contributed by atoms with van der Waals surface area (Å²) in [7, 11) is 0. The Morgan fingerprint density at radius 1 is 1.26 bits per heavy atom. The number of likely N-dealkylation sites (tertiary alicyclic amines) is 2. The second kappa shape index (κ2) is 11.8. The Kier molecular flexibility index (Phi) is 8.44. The molecule has 0 aliphatic carbocycles. The van der Waals surface area contributed by atoms with Gasteiger partial charge in [-0.2, -0.15) is 0 Å². The predicted molar refractivity (Wildman–Crippen MR) is 158 cm³/mol. The highest BCUT2D eigenvalue weighted by Crippen LogP contribution is 2.42. The number of benzene rings is 1. The van der Waals surface area contributed by atoms with Gasteiger partial charge in [0, 0.05) is 41.4 Å². The van der Waals surface area contributed by atoms with Crippen molar-refractivity contribution in [2.24, 2.45) is 10.4 Å². The van der Waals surface area contributed by atoms with E-state index in [4.69, 9.17) is 14.5 Å². The minimum absolute atomic E-state index is 0.0797. The van der Waals surface area contributed by atoms with Gasteiger partial charge in [0.1, 0.15) is 17.5 Å². The highest BCUT2D eigenvalue weighted by Gasteiger charge is 2.52. The van der Waals surface area contributed by atoms with Gasteiger partial charge in [-0.15, -0.1) is 11.3 Å². The van der Waals surface area contributed by atoms with Crippen molar-refractivity contribution in [1.29, 1.82) is 0 Å². The standard InChI is InChI=1S/C29H33BrFN5O5S/c1-5-40-25(37)21-20(15-35-11-8-29(26(35)38)9-12-36(16-29)27(39)41-28(2,3)4)33-23(24-32-10-13-42-24)34-22(21)18-7-6-17(31)14-19(18)30/h6-7,10,13-14,22H,5,8-9,11-12,15-16H2,1-4H3,(H,33,34). The van der Waals surface area contributed by atoms with Gasteiger partial charge in [-0.25, -0.2) is 19.0 Å². The topological polar surface area (TPSA) is 113 Å². The average molecular weight is 663 g/mol. The minimum atomic E-state index is -0.838. The number of esters is 1. The number of halogens is 2. The van der Waals surface area contributed by atoms with Gasteiger partial charge in [0.05, 0.1) is 24.1 Å². The van der Waals surface area contributed by atoms with E-state index < -0.39 is 34.9 Å². The van der Waals surface area contributed by atoms with Crippen LogP contribution in [0.15, 0.2) is 50.5 Å². The molecular weight excluding hydrogens is 629 g/mol. The van der Waals surface area contributed by atoms with Crippen LogP contribution in [0, 0.1) is 11.2 Å². The molecule has 1 aromatic heterocycles. The second-order valence-corrected chi connectivity index (χ2v) is 13.3. The number of nitrogens with zero attached hydrogens (tertiary/aromatic N) is 4. The summed E-state index contributed by atoms with van der Waals surface area (Å²) in [5.74, 6) is -0.659. The number of thiazole rings is 1. The van der Waals surface area contributed by atoms with E-state index in [9.17, 15) is 18.8 Å². The van der Waals surface area contributed by atoms with E-state index in [0.29, 0.717) is 52.5 Å². The van der Waals surface area contributed by atoms with Crippen molar-refractivity contribution in [2.75, 3.05) is 32.8 Å². The molecule has 3 aliphatic heterocycles. The molecule has 0 bridgehead atoms. The maximum absolute atomic E-state index is 14.0. The molecular formula is C29H33BrFN5O5S. The number of amidine groups is 1. The summed E-state index contributed by atoms with van der Waals surface area (Å²) in [6.45, 7) is 8.56. The lowest BCUT2D eigenvalue weighted by Gasteiger charge is -2.30. The summed E-state index contributed by atoms with van der Waals surface area (Å²) in [4.78, 5) is 52.6. The second-order valence-electron chi connectivity index (χ2n) is 11.5. The summed E-state index contributed by atoms with van der Waals surface area (Å²) in [6.07, 6.45) is 2.34. The number of nitrogens with one attached hydrogen (secondary N) is 1. The number of aliphatic imine (C=N–C) groups is 1. The Hall–Kier alpha value is -3.32. The van der Waals surface area contributed by atoms with Crippen molar-refractivity contribution in [3.63, 3.8) is 0 Å². The molecule has 3 aliphatic rings. The zero-order valence-electron chi connectivity index (χ0n) is 23.9. The van der Waals surface area contributed by atoms with Crippen LogP contribution in [-0.4, -0.2) is 77.0 Å². The Balaban J connectivity index is 1.47. The highest BCUT2D eigenvalue weighted by atomic mass is 79.9. The molecule has 1 spiro atoms. The number of hydrogen-bond donors (Lipinski definition) is 1. The minimum Gasteiger partial charge on any atom is -0.463 e. The van der Waals surface area contributed by atoms with E-state index in [1.54, 1.807) is 29.0 Å². The lowest BCUT2D eigenvalue weighted by atomic mass is 9.85. The number of amides is 2. The fraction of sp³-hybridized carbons (Fsp3) is 0.483. The van der Waals surface area contributed by atoms with Crippen LogP contribution < -0.4 is 5.32 Å². The van der Waals surface area contributed by atoms with Crippen molar-refractivity contribution in [3.8, 4) is 0 Å². The Morgan fingerprint density at radius 2 is 2.02 bits per heavy atom. The Bertz CT molecular complexity index is 1460. The first kappa shape index (κ1) is 30.1. The first-order valence-electron chi connectivity index (χ1n) is 13.8. The maximum atomic E-state index is 14.0. The molecule has 1 aromatic carbocycles. The number of carbonyl (C=O) groups excluding carboxylic acids is 3. The molecule has 1 N–H and O–H groups in total. The van der Waals surface area contributed by atoms with Crippen molar-refractivity contribution in [3.05, 3.63) is 61.9 Å². The molecule has 2 atom stereocenters. The molecule has 4 heterocycles. The monoisotopic (exact) mass is 661 g/mol. The van der Waals surface area contributed by atoms with Crippen molar-refractivity contribution in [1.82, 2.24) is 20.1 Å². The SMILES string of the molecule is CCOC(=O)C1=C(CN2CCC3(CCN(C(=O)OC(C)(C)C)C3)C2=O)NC(c2nccs2)=NC1c1ccc(F)cc1Br. The molecule has 0 radical (unpaired) electrons. The smallest absolute Gasteiger partial charge is 0.410 e. The van der Waals surface area contributed by atoms with E-state index >= 15 is 0 Å². The molecule has 2 unspecified atom stereocenters. The van der Waals surface area contributed by atoms with Crippen LogP contribution in [0.2, 0.25) is 0 Å². The summed E-state index contributed by atoms with van der Waals surface area (Å²) >= 11 is 4.81. The van der Waals surface area contributed by atoms with Gasteiger partial charge in [0.15, 0.2) is 10.8 Å². The van der Waals surface area contributed by atoms with E-state index in [-0.39, 0.29) is 31.2 Å². The van der Waals surface area contributed by atoms with E-state index in [1.165, 1.54) is 23.5 Å². The number of hydrogen-bond acceptors (Lipinski definition) is 9. The third-order valence-electron chi connectivity index (χ3n) is 7.47. The third kappa shape index (κ3) is 6.07. The maximum Gasteiger partial charge on any atom is 0.410 e. The molecule has 2 saturated heterocycles. The predicted octanol–water partition coefficient (Wildman–Crippen LogP) is 4.81. The quantitative estimate of drug-likeness (QED) is 0.442.